The molecule has 15 heavy (non-hydrogen) atoms. The number of carbonyl (C=O) groups excluding carboxylic acids is 1. The van der Waals surface area contributed by atoms with Crippen molar-refractivity contribution in [1.82, 2.24) is 0 Å². The van der Waals surface area contributed by atoms with Gasteiger partial charge in [0.25, 0.3) is 6.04 Å². The lowest BCUT2D eigenvalue weighted by Gasteiger charge is -2.25. The minimum absolute atomic E-state index is 0.318. The van der Waals surface area contributed by atoms with Crippen LogP contribution in [0.4, 0.5) is 0 Å². The van der Waals surface area contributed by atoms with Crippen molar-refractivity contribution in [2.75, 3.05) is 14.2 Å². The van der Waals surface area contributed by atoms with Gasteiger partial charge in [-0.2, -0.15) is 0 Å². The highest BCUT2D eigenvalue weighted by Crippen LogP contribution is 2.24. The molecule has 0 saturated heterocycles. The molecule has 1 aliphatic rings. The fourth-order valence-corrected chi connectivity index (χ4v) is 1.71. The van der Waals surface area contributed by atoms with Crippen molar-refractivity contribution in [2.24, 2.45) is 5.92 Å². The zero-order valence-electron chi connectivity index (χ0n) is 8.58. The zero-order chi connectivity index (χ0) is 11.4. The SMILES string of the molecule is COC(=O)[C@H]1CC=C[C@H](OC)[C@@H]1[N+](=O)[O-]. The molecule has 6 nitrogen and oxygen atoms in total. The fourth-order valence-electron chi connectivity index (χ4n) is 1.71. The topological polar surface area (TPSA) is 78.7 Å². The Morgan fingerprint density at radius 2 is 2.20 bits per heavy atom. The van der Waals surface area contributed by atoms with Crippen molar-refractivity contribution >= 4 is 5.97 Å². The second kappa shape index (κ2) is 4.88. The summed E-state index contributed by atoms with van der Waals surface area (Å²) in [5.41, 5.74) is 0. The normalized spacial score (nSPS) is 29.9. The molecule has 0 spiro atoms. The second-order valence-corrected chi connectivity index (χ2v) is 3.27. The Morgan fingerprint density at radius 1 is 1.53 bits per heavy atom. The standard InChI is InChI=1S/C9H13NO5/c1-14-7-5-3-4-6(9(11)15-2)8(7)10(12)13/h3,5-8H,4H2,1-2H3/t6-,7-,8+/m0/s1. The van der Waals surface area contributed by atoms with Gasteiger partial charge in [-0.15, -0.1) is 0 Å². The molecule has 0 aromatic heterocycles. The number of carbonyl (C=O) groups is 1. The summed E-state index contributed by atoms with van der Waals surface area (Å²) in [6.45, 7) is 0. The van der Waals surface area contributed by atoms with Crippen LogP contribution < -0.4 is 0 Å². The maximum atomic E-state index is 11.3. The molecule has 1 rings (SSSR count). The lowest BCUT2D eigenvalue weighted by Crippen LogP contribution is -2.45. The third-order valence-corrected chi connectivity index (χ3v) is 2.48. The first kappa shape index (κ1) is 11.6. The molecule has 84 valence electrons. The Morgan fingerprint density at radius 3 is 2.67 bits per heavy atom. The predicted molar refractivity (Wildman–Crippen MR) is 50.8 cm³/mol. The smallest absolute Gasteiger partial charge is 0.316 e. The van der Waals surface area contributed by atoms with Gasteiger partial charge in [0.2, 0.25) is 0 Å². The van der Waals surface area contributed by atoms with E-state index in [2.05, 4.69) is 4.74 Å². The first-order chi connectivity index (χ1) is 7.11. The molecule has 0 aliphatic heterocycles. The molecule has 0 bridgehead atoms. The van der Waals surface area contributed by atoms with Crippen LogP contribution in [-0.4, -0.2) is 37.3 Å². The van der Waals surface area contributed by atoms with Crippen LogP contribution in [0.5, 0.6) is 0 Å². The van der Waals surface area contributed by atoms with Gasteiger partial charge in [0.05, 0.1) is 7.11 Å². The molecule has 0 radical (unpaired) electrons. The predicted octanol–water partition coefficient (Wildman–Crippen LogP) is 0.396. The second-order valence-electron chi connectivity index (χ2n) is 3.27. The molecule has 0 unspecified atom stereocenters. The summed E-state index contributed by atoms with van der Waals surface area (Å²) in [4.78, 5) is 21.7. The maximum absolute atomic E-state index is 11.3. The van der Waals surface area contributed by atoms with E-state index in [1.807, 2.05) is 0 Å². The third kappa shape index (κ3) is 2.33. The summed E-state index contributed by atoms with van der Waals surface area (Å²) in [6.07, 6.45) is 2.96. The van der Waals surface area contributed by atoms with Crippen molar-refractivity contribution in [3.63, 3.8) is 0 Å². The Kier molecular flexibility index (Phi) is 3.79. The number of hydrogen-bond donors (Lipinski definition) is 0. The van der Waals surface area contributed by atoms with Gasteiger partial charge in [0, 0.05) is 12.0 Å². The fraction of sp³-hybridized carbons (Fsp3) is 0.667. The lowest BCUT2D eigenvalue weighted by molar-refractivity contribution is -0.540. The average molecular weight is 215 g/mol. The van der Waals surface area contributed by atoms with E-state index in [1.165, 1.54) is 14.2 Å². The van der Waals surface area contributed by atoms with E-state index in [-0.39, 0.29) is 0 Å². The first-order valence-electron chi connectivity index (χ1n) is 4.52. The highest BCUT2D eigenvalue weighted by Gasteiger charge is 2.44. The minimum Gasteiger partial charge on any atom is -0.469 e. The van der Waals surface area contributed by atoms with Gasteiger partial charge in [-0.25, -0.2) is 0 Å². The van der Waals surface area contributed by atoms with Crippen LogP contribution in [0.3, 0.4) is 0 Å². The van der Waals surface area contributed by atoms with E-state index in [1.54, 1.807) is 12.2 Å². The number of esters is 1. The summed E-state index contributed by atoms with van der Waals surface area (Å²) in [5, 5.41) is 10.8. The third-order valence-electron chi connectivity index (χ3n) is 2.48. The van der Waals surface area contributed by atoms with Crippen LogP contribution in [0.1, 0.15) is 6.42 Å². The van der Waals surface area contributed by atoms with E-state index in [0.717, 1.165) is 0 Å². The van der Waals surface area contributed by atoms with Crippen LogP contribution in [-0.2, 0) is 14.3 Å². The van der Waals surface area contributed by atoms with E-state index in [0.29, 0.717) is 6.42 Å². The van der Waals surface area contributed by atoms with Crippen molar-refractivity contribution in [1.29, 1.82) is 0 Å². The van der Waals surface area contributed by atoms with E-state index < -0.39 is 29.0 Å². The van der Waals surface area contributed by atoms with Gasteiger partial charge in [0.15, 0.2) is 0 Å². The van der Waals surface area contributed by atoms with Crippen molar-refractivity contribution < 1.29 is 19.2 Å². The van der Waals surface area contributed by atoms with Crippen molar-refractivity contribution in [3.8, 4) is 0 Å². The lowest BCUT2D eigenvalue weighted by atomic mass is 9.87. The number of hydrogen-bond acceptors (Lipinski definition) is 5. The van der Waals surface area contributed by atoms with Crippen LogP contribution in [0.15, 0.2) is 12.2 Å². The molecular weight excluding hydrogens is 202 g/mol. The first-order valence-corrected chi connectivity index (χ1v) is 4.52. The number of rotatable bonds is 3. The summed E-state index contributed by atoms with van der Waals surface area (Å²) < 4.78 is 9.48. The molecule has 0 aromatic carbocycles. The van der Waals surface area contributed by atoms with Crippen LogP contribution in [0.2, 0.25) is 0 Å². The van der Waals surface area contributed by atoms with Crippen molar-refractivity contribution in [2.45, 2.75) is 18.6 Å². The maximum Gasteiger partial charge on any atom is 0.316 e. The van der Waals surface area contributed by atoms with Crippen LogP contribution in [0, 0.1) is 16.0 Å². The van der Waals surface area contributed by atoms with E-state index in [4.69, 9.17) is 4.74 Å². The molecular formula is C9H13NO5. The zero-order valence-corrected chi connectivity index (χ0v) is 8.58. The number of nitrogens with zero attached hydrogens (tertiary/aromatic N) is 1. The molecule has 6 heteroatoms. The molecule has 0 heterocycles. The molecule has 3 atom stereocenters. The van der Waals surface area contributed by atoms with Crippen LogP contribution >= 0.6 is 0 Å². The molecule has 0 N–H and O–H groups in total. The van der Waals surface area contributed by atoms with Gasteiger partial charge in [-0.3, -0.25) is 14.9 Å². The van der Waals surface area contributed by atoms with Gasteiger partial charge in [-0.1, -0.05) is 12.2 Å². The Bertz CT molecular complexity index is 288. The van der Waals surface area contributed by atoms with Crippen molar-refractivity contribution in [3.05, 3.63) is 22.3 Å². The molecule has 0 aromatic rings. The molecule has 0 amide bonds. The molecule has 1 aliphatic carbocycles. The Labute approximate surface area is 87.0 Å². The average Bonchev–Trinajstić information content (AvgIpc) is 2.26. The summed E-state index contributed by atoms with van der Waals surface area (Å²) in [6, 6.07) is -1.06. The monoisotopic (exact) mass is 215 g/mol. The molecule has 0 saturated carbocycles. The quantitative estimate of drug-likeness (QED) is 0.294. The summed E-state index contributed by atoms with van der Waals surface area (Å²) >= 11 is 0. The highest BCUT2D eigenvalue weighted by molar-refractivity contribution is 5.73. The van der Waals surface area contributed by atoms with Gasteiger partial charge in [-0.05, 0) is 6.42 Å². The van der Waals surface area contributed by atoms with Crippen LogP contribution in [0.25, 0.3) is 0 Å². The van der Waals surface area contributed by atoms with Gasteiger partial charge in [0.1, 0.15) is 12.0 Å². The van der Waals surface area contributed by atoms with Gasteiger partial charge < -0.3 is 9.47 Å². The minimum atomic E-state index is -1.06. The Hall–Kier alpha value is -1.43. The number of ether oxygens (including phenoxy) is 2. The summed E-state index contributed by atoms with van der Waals surface area (Å²) in [5.74, 6) is -1.33. The van der Waals surface area contributed by atoms with Gasteiger partial charge >= 0.3 is 5.97 Å². The number of methoxy groups -OCH3 is 2. The number of allylic oxidation sites excluding steroid dienone is 1. The largest absolute Gasteiger partial charge is 0.469 e. The molecule has 0 fully saturated rings. The van der Waals surface area contributed by atoms with E-state index in [9.17, 15) is 14.9 Å². The summed E-state index contributed by atoms with van der Waals surface area (Å²) in [7, 11) is 2.60. The number of nitro groups is 1. The highest BCUT2D eigenvalue weighted by atomic mass is 16.6. The Balaban J connectivity index is 2.91. The van der Waals surface area contributed by atoms with E-state index >= 15 is 0 Å².